The van der Waals surface area contributed by atoms with Gasteiger partial charge in [-0.25, -0.2) is 0 Å². The van der Waals surface area contributed by atoms with E-state index in [1.807, 2.05) is 11.3 Å². The fourth-order valence-electron chi connectivity index (χ4n) is 2.33. The third kappa shape index (κ3) is 3.33. The quantitative estimate of drug-likeness (QED) is 0.772. The van der Waals surface area contributed by atoms with Gasteiger partial charge in [-0.15, -0.1) is 11.3 Å². The molecule has 1 aromatic heterocycles. The lowest BCUT2D eigenvalue weighted by molar-refractivity contribution is 0.475. The predicted molar refractivity (Wildman–Crippen MR) is 82.3 cm³/mol. The molecule has 0 fully saturated rings. The molecular weight excluding hydrogens is 238 g/mol. The second kappa shape index (κ2) is 6.35. The Morgan fingerprint density at radius 1 is 1.17 bits per heavy atom. The second-order valence-electron chi connectivity index (χ2n) is 5.35. The van der Waals surface area contributed by atoms with Crippen molar-refractivity contribution in [1.82, 2.24) is 5.32 Å². The Kier molecular flexibility index (Phi) is 4.79. The summed E-state index contributed by atoms with van der Waals surface area (Å²) in [5, 5.41) is 4.84. The van der Waals surface area contributed by atoms with Crippen molar-refractivity contribution in [2.45, 2.75) is 39.2 Å². The molecule has 98 valence electrons. The molecule has 2 rings (SSSR count). The van der Waals surface area contributed by atoms with Crippen LogP contribution in [0.2, 0.25) is 0 Å². The van der Waals surface area contributed by atoms with Crippen LogP contribution in [-0.2, 0) is 0 Å². The number of thiophene rings is 1. The minimum atomic E-state index is 0.515. The van der Waals surface area contributed by atoms with Crippen LogP contribution < -0.4 is 5.32 Å². The van der Waals surface area contributed by atoms with Gasteiger partial charge < -0.3 is 5.32 Å². The number of fused-ring (bicyclic) bond motifs is 1. The van der Waals surface area contributed by atoms with E-state index in [4.69, 9.17) is 0 Å². The number of hydrogen-bond donors (Lipinski definition) is 1. The average Bonchev–Trinajstić information content (AvgIpc) is 2.77. The van der Waals surface area contributed by atoms with Crippen molar-refractivity contribution >= 4 is 21.4 Å². The van der Waals surface area contributed by atoms with Crippen LogP contribution in [-0.4, -0.2) is 7.05 Å². The lowest BCUT2D eigenvalue weighted by Crippen LogP contribution is -2.15. The Bertz CT molecular complexity index is 454. The van der Waals surface area contributed by atoms with Gasteiger partial charge in [-0.05, 0) is 36.9 Å². The highest BCUT2D eigenvalue weighted by molar-refractivity contribution is 7.19. The van der Waals surface area contributed by atoms with Crippen molar-refractivity contribution in [2.75, 3.05) is 7.05 Å². The first kappa shape index (κ1) is 13.6. The molecular formula is C16H23NS. The summed E-state index contributed by atoms with van der Waals surface area (Å²) >= 11 is 1.93. The molecule has 0 bridgehead atoms. The van der Waals surface area contributed by atoms with Gasteiger partial charge in [0.05, 0.1) is 0 Å². The van der Waals surface area contributed by atoms with Crippen LogP contribution in [0.1, 0.15) is 44.0 Å². The zero-order valence-electron chi connectivity index (χ0n) is 11.6. The number of benzene rings is 1. The van der Waals surface area contributed by atoms with Crippen LogP contribution in [0.3, 0.4) is 0 Å². The maximum atomic E-state index is 3.46. The Hall–Kier alpha value is -0.860. The molecule has 18 heavy (non-hydrogen) atoms. The van der Waals surface area contributed by atoms with Crippen molar-refractivity contribution in [3.8, 4) is 0 Å². The number of rotatable bonds is 6. The van der Waals surface area contributed by atoms with Gasteiger partial charge in [0.15, 0.2) is 0 Å². The molecule has 0 radical (unpaired) electrons. The van der Waals surface area contributed by atoms with Gasteiger partial charge in [0.1, 0.15) is 0 Å². The molecule has 1 nitrogen and oxygen atoms in total. The van der Waals surface area contributed by atoms with Crippen molar-refractivity contribution in [3.05, 3.63) is 35.2 Å². The van der Waals surface area contributed by atoms with Crippen LogP contribution in [0.15, 0.2) is 30.3 Å². The van der Waals surface area contributed by atoms with Crippen molar-refractivity contribution in [2.24, 2.45) is 5.92 Å². The number of nitrogens with one attached hydrogen (secondary N) is 1. The van der Waals surface area contributed by atoms with E-state index in [0.29, 0.717) is 6.04 Å². The second-order valence-corrected chi connectivity index (χ2v) is 6.47. The average molecular weight is 261 g/mol. The SMILES string of the molecule is CNC(CCCC(C)C)c1cc2ccccc2s1. The first-order valence-electron chi connectivity index (χ1n) is 6.86. The van der Waals surface area contributed by atoms with E-state index >= 15 is 0 Å². The monoisotopic (exact) mass is 261 g/mol. The van der Waals surface area contributed by atoms with Crippen LogP contribution in [0.5, 0.6) is 0 Å². The van der Waals surface area contributed by atoms with E-state index in [-0.39, 0.29) is 0 Å². The lowest BCUT2D eigenvalue weighted by atomic mass is 10.0. The molecule has 1 atom stereocenters. The first-order valence-corrected chi connectivity index (χ1v) is 7.68. The Morgan fingerprint density at radius 2 is 1.94 bits per heavy atom. The third-order valence-corrected chi connectivity index (χ3v) is 4.64. The molecule has 1 unspecified atom stereocenters. The summed E-state index contributed by atoms with van der Waals surface area (Å²) in [5.41, 5.74) is 0. The van der Waals surface area contributed by atoms with E-state index in [0.717, 1.165) is 5.92 Å². The van der Waals surface area contributed by atoms with Gasteiger partial charge in [0, 0.05) is 15.6 Å². The fourth-order valence-corrected chi connectivity index (χ4v) is 3.54. The van der Waals surface area contributed by atoms with Gasteiger partial charge in [-0.1, -0.05) is 44.9 Å². The van der Waals surface area contributed by atoms with Gasteiger partial charge in [0.25, 0.3) is 0 Å². The van der Waals surface area contributed by atoms with Gasteiger partial charge >= 0.3 is 0 Å². The van der Waals surface area contributed by atoms with Crippen LogP contribution >= 0.6 is 11.3 Å². The maximum Gasteiger partial charge on any atom is 0.0412 e. The molecule has 0 aliphatic carbocycles. The van der Waals surface area contributed by atoms with E-state index < -0.39 is 0 Å². The largest absolute Gasteiger partial charge is 0.312 e. The lowest BCUT2D eigenvalue weighted by Gasteiger charge is -2.14. The zero-order valence-corrected chi connectivity index (χ0v) is 12.4. The summed E-state index contributed by atoms with van der Waals surface area (Å²) in [6, 6.07) is 11.5. The molecule has 0 saturated heterocycles. The summed E-state index contributed by atoms with van der Waals surface area (Å²) in [4.78, 5) is 1.47. The smallest absolute Gasteiger partial charge is 0.0412 e. The minimum Gasteiger partial charge on any atom is -0.312 e. The van der Waals surface area contributed by atoms with Crippen molar-refractivity contribution in [3.63, 3.8) is 0 Å². The maximum absolute atomic E-state index is 3.46. The van der Waals surface area contributed by atoms with E-state index in [1.165, 1.54) is 34.2 Å². The van der Waals surface area contributed by atoms with E-state index in [9.17, 15) is 0 Å². The van der Waals surface area contributed by atoms with Crippen LogP contribution in [0, 0.1) is 5.92 Å². The Balaban J connectivity index is 2.07. The number of hydrogen-bond acceptors (Lipinski definition) is 2. The Labute approximate surface area is 114 Å². The molecule has 2 aromatic rings. The molecule has 1 N–H and O–H groups in total. The topological polar surface area (TPSA) is 12.0 Å². The molecule has 1 heterocycles. The van der Waals surface area contributed by atoms with Crippen molar-refractivity contribution in [1.29, 1.82) is 0 Å². The highest BCUT2D eigenvalue weighted by atomic mass is 32.1. The molecule has 0 spiro atoms. The van der Waals surface area contributed by atoms with Crippen molar-refractivity contribution < 1.29 is 0 Å². The summed E-state index contributed by atoms with van der Waals surface area (Å²) in [6.45, 7) is 4.60. The summed E-state index contributed by atoms with van der Waals surface area (Å²) in [7, 11) is 2.07. The molecule has 0 aliphatic heterocycles. The molecule has 0 amide bonds. The van der Waals surface area contributed by atoms with E-state index in [2.05, 4.69) is 56.5 Å². The molecule has 1 aromatic carbocycles. The highest BCUT2D eigenvalue weighted by Crippen LogP contribution is 2.32. The highest BCUT2D eigenvalue weighted by Gasteiger charge is 2.12. The van der Waals surface area contributed by atoms with Gasteiger partial charge in [-0.2, -0.15) is 0 Å². The van der Waals surface area contributed by atoms with Crippen LogP contribution in [0.4, 0.5) is 0 Å². The fraction of sp³-hybridized carbons (Fsp3) is 0.500. The summed E-state index contributed by atoms with van der Waals surface area (Å²) in [6.07, 6.45) is 3.86. The Morgan fingerprint density at radius 3 is 2.61 bits per heavy atom. The molecule has 0 aliphatic rings. The third-order valence-electron chi connectivity index (χ3n) is 3.41. The van der Waals surface area contributed by atoms with Gasteiger partial charge in [-0.3, -0.25) is 0 Å². The van der Waals surface area contributed by atoms with Crippen LogP contribution in [0.25, 0.3) is 10.1 Å². The van der Waals surface area contributed by atoms with E-state index in [1.54, 1.807) is 0 Å². The predicted octanol–water partition coefficient (Wildman–Crippen LogP) is 4.99. The molecule has 0 saturated carbocycles. The summed E-state index contributed by atoms with van der Waals surface area (Å²) in [5.74, 6) is 0.810. The first-order chi connectivity index (χ1) is 8.70. The zero-order chi connectivity index (χ0) is 13.0. The molecule has 2 heteroatoms. The summed E-state index contributed by atoms with van der Waals surface area (Å²) < 4.78 is 1.40. The standard InChI is InChI=1S/C16H23NS/c1-12(2)7-6-9-14(17-3)16-11-13-8-4-5-10-15(13)18-16/h4-5,8,10-12,14,17H,6-7,9H2,1-3H3. The normalized spacial score (nSPS) is 13.3. The van der Waals surface area contributed by atoms with Gasteiger partial charge in [0.2, 0.25) is 0 Å². The minimum absolute atomic E-state index is 0.515.